The number of para-hydroxylation sites is 1. The minimum atomic E-state index is -0.449. The largest absolute Gasteiger partial charge is 0.326 e. The highest BCUT2D eigenvalue weighted by atomic mass is 32.2. The van der Waals surface area contributed by atoms with Crippen molar-refractivity contribution >= 4 is 40.1 Å². The Bertz CT molecular complexity index is 933. The van der Waals surface area contributed by atoms with Gasteiger partial charge in [-0.3, -0.25) is 14.5 Å². The first-order valence-corrected chi connectivity index (χ1v) is 11.3. The summed E-state index contributed by atoms with van der Waals surface area (Å²) in [5, 5.41) is 3.24. The van der Waals surface area contributed by atoms with Crippen LogP contribution in [-0.2, 0) is 9.59 Å². The van der Waals surface area contributed by atoms with E-state index in [0.717, 1.165) is 40.9 Å². The molecule has 0 unspecified atom stereocenters. The molecule has 0 aliphatic carbocycles. The average Bonchev–Trinajstić information content (AvgIpc) is 2.98. The Morgan fingerprint density at radius 1 is 1.13 bits per heavy atom. The Morgan fingerprint density at radius 3 is 2.43 bits per heavy atom. The third-order valence-electron chi connectivity index (χ3n) is 5.05. The van der Waals surface area contributed by atoms with E-state index in [1.54, 1.807) is 4.90 Å². The van der Waals surface area contributed by atoms with Crippen molar-refractivity contribution in [2.75, 3.05) is 11.9 Å². The molecule has 1 fully saturated rings. The van der Waals surface area contributed by atoms with E-state index in [4.69, 9.17) is 0 Å². The highest BCUT2D eigenvalue weighted by Gasteiger charge is 2.38. The molecule has 0 saturated carbocycles. The van der Waals surface area contributed by atoms with Gasteiger partial charge in [0.2, 0.25) is 11.8 Å². The van der Waals surface area contributed by atoms with Gasteiger partial charge in [-0.1, -0.05) is 61.0 Å². The molecule has 5 nitrogen and oxygen atoms in total. The number of carbonyl (C=O) groups is 2. The molecule has 2 amide bonds. The van der Waals surface area contributed by atoms with Crippen LogP contribution >= 0.6 is 11.8 Å². The topological polar surface area (TPSA) is 61.8 Å². The maximum absolute atomic E-state index is 13.0. The second-order valence-corrected chi connectivity index (χ2v) is 8.88. The van der Waals surface area contributed by atoms with E-state index in [2.05, 4.69) is 29.4 Å². The maximum Gasteiger partial charge on any atom is 0.242 e. The first kappa shape index (κ1) is 22.1. The van der Waals surface area contributed by atoms with E-state index in [9.17, 15) is 9.59 Å². The molecular weight excluding hydrogens is 394 g/mol. The zero-order valence-corrected chi connectivity index (χ0v) is 18.9. The Labute approximate surface area is 183 Å². The van der Waals surface area contributed by atoms with E-state index in [0.29, 0.717) is 11.7 Å². The number of thioether (sulfide) groups is 1. The third kappa shape index (κ3) is 5.30. The number of nitrogens with zero attached hydrogens (tertiary/aromatic N) is 2. The molecule has 158 valence electrons. The fourth-order valence-electron chi connectivity index (χ4n) is 3.60. The normalized spacial score (nSPS) is 17.6. The molecule has 3 rings (SSSR count). The number of unbranched alkanes of at least 4 members (excludes halogenated alkanes) is 1. The number of hydrogen-bond acceptors (Lipinski definition) is 4. The second-order valence-electron chi connectivity index (χ2n) is 7.71. The van der Waals surface area contributed by atoms with Crippen molar-refractivity contribution in [3.63, 3.8) is 0 Å². The fourth-order valence-corrected chi connectivity index (χ4v) is 4.78. The number of carbonyl (C=O) groups excluding carboxylic acids is 2. The van der Waals surface area contributed by atoms with Crippen molar-refractivity contribution in [2.24, 2.45) is 4.99 Å². The molecule has 2 aromatic carbocycles. The summed E-state index contributed by atoms with van der Waals surface area (Å²) in [4.78, 5) is 32.2. The molecule has 1 atom stereocenters. The van der Waals surface area contributed by atoms with Gasteiger partial charge >= 0.3 is 0 Å². The van der Waals surface area contributed by atoms with Crippen molar-refractivity contribution < 1.29 is 9.59 Å². The van der Waals surface area contributed by atoms with Gasteiger partial charge in [0.15, 0.2) is 5.17 Å². The molecule has 30 heavy (non-hydrogen) atoms. The lowest BCUT2D eigenvalue weighted by molar-refractivity contribution is -0.128. The van der Waals surface area contributed by atoms with Gasteiger partial charge < -0.3 is 5.32 Å². The van der Waals surface area contributed by atoms with Crippen molar-refractivity contribution in [1.29, 1.82) is 0 Å². The van der Waals surface area contributed by atoms with E-state index < -0.39 is 5.25 Å². The Balaban J connectivity index is 1.75. The molecule has 1 N–H and O–H groups in total. The lowest BCUT2D eigenvalue weighted by Gasteiger charge is -2.16. The van der Waals surface area contributed by atoms with Crippen LogP contribution in [0.2, 0.25) is 0 Å². The fraction of sp³-hybridized carbons (Fsp3) is 0.375. The highest BCUT2D eigenvalue weighted by Crippen LogP contribution is 2.32. The van der Waals surface area contributed by atoms with Crippen molar-refractivity contribution in [2.45, 2.75) is 52.2 Å². The van der Waals surface area contributed by atoms with Gasteiger partial charge in [0.05, 0.1) is 5.69 Å². The van der Waals surface area contributed by atoms with Crippen LogP contribution in [0.3, 0.4) is 0 Å². The summed E-state index contributed by atoms with van der Waals surface area (Å²) >= 11 is 1.39. The van der Waals surface area contributed by atoms with E-state index in [1.807, 2.05) is 51.1 Å². The number of amidine groups is 1. The van der Waals surface area contributed by atoms with Crippen LogP contribution in [0.4, 0.5) is 11.4 Å². The summed E-state index contributed by atoms with van der Waals surface area (Å²) in [5.41, 5.74) is 4.87. The first-order chi connectivity index (χ1) is 14.4. The van der Waals surface area contributed by atoms with E-state index >= 15 is 0 Å². The number of benzene rings is 2. The lowest BCUT2D eigenvalue weighted by Crippen LogP contribution is -2.34. The maximum atomic E-state index is 13.0. The summed E-state index contributed by atoms with van der Waals surface area (Å²) < 4.78 is 0. The third-order valence-corrected chi connectivity index (χ3v) is 6.22. The molecule has 1 saturated heterocycles. The van der Waals surface area contributed by atoms with Crippen LogP contribution in [0, 0.1) is 20.8 Å². The van der Waals surface area contributed by atoms with Crippen LogP contribution in [0.5, 0.6) is 0 Å². The van der Waals surface area contributed by atoms with Gasteiger partial charge in [-0.25, -0.2) is 4.99 Å². The SMILES string of the molecule is CCCCN1C(=O)[C@H](CC(=O)Nc2c(C)cc(C)cc2C)SC1=Nc1ccccc1. The monoisotopic (exact) mass is 423 g/mol. The number of aryl methyl sites for hydroxylation is 3. The molecule has 1 aliphatic heterocycles. The molecule has 0 aromatic heterocycles. The first-order valence-electron chi connectivity index (χ1n) is 10.4. The molecule has 6 heteroatoms. The minimum absolute atomic E-state index is 0.0318. The molecule has 2 aromatic rings. The number of aliphatic imine (C=N–C) groups is 1. The van der Waals surface area contributed by atoms with Crippen molar-refractivity contribution in [3.05, 3.63) is 59.2 Å². The number of amides is 2. The predicted molar refractivity (Wildman–Crippen MR) is 125 cm³/mol. The van der Waals surface area contributed by atoms with Gasteiger partial charge in [-0.05, 0) is 50.5 Å². The number of nitrogens with one attached hydrogen (secondary N) is 1. The van der Waals surface area contributed by atoms with Crippen LogP contribution in [0.25, 0.3) is 0 Å². The average molecular weight is 424 g/mol. The second kappa shape index (κ2) is 9.94. The smallest absolute Gasteiger partial charge is 0.242 e. The van der Waals surface area contributed by atoms with Gasteiger partial charge in [0.25, 0.3) is 0 Å². The molecule has 1 aliphatic rings. The highest BCUT2D eigenvalue weighted by molar-refractivity contribution is 8.15. The van der Waals surface area contributed by atoms with Gasteiger partial charge in [-0.15, -0.1) is 0 Å². The van der Waals surface area contributed by atoms with Gasteiger partial charge in [0.1, 0.15) is 5.25 Å². The van der Waals surface area contributed by atoms with Crippen LogP contribution < -0.4 is 5.32 Å². The number of rotatable bonds is 7. The number of anilines is 1. The van der Waals surface area contributed by atoms with Crippen LogP contribution in [0.15, 0.2) is 47.5 Å². The Hall–Kier alpha value is -2.60. The van der Waals surface area contributed by atoms with Gasteiger partial charge in [-0.2, -0.15) is 0 Å². The van der Waals surface area contributed by atoms with E-state index in [1.165, 1.54) is 11.8 Å². The standard InChI is InChI=1S/C24H29N3O2S/c1-5-6-12-27-23(29)20(30-24(27)25-19-10-8-7-9-11-19)15-21(28)26-22-17(3)13-16(2)14-18(22)4/h7-11,13-14,20H,5-6,12,15H2,1-4H3,(H,26,28)/t20-/m0/s1. The molecule has 0 radical (unpaired) electrons. The van der Waals surface area contributed by atoms with E-state index in [-0.39, 0.29) is 18.2 Å². The minimum Gasteiger partial charge on any atom is -0.326 e. The molecule has 0 spiro atoms. The lowest BCUT2D eigenvalue weighted by atomic mass is 10.0. The summed E-state index contributed by atoms with van der Waals surface area (Å²) in [6.45, 7) is 8.74. The zero-order chi connectivity index (χ0) is 21.7. The summed E-state index contributed by atoms with van der Waals surface area (Å²) in [6.07, 6.45) is 2.03. The summed E-state index contributed by atoms with van der Waals surface area (Å²) in [7, 11) is 0. The summed E-state index contributed by atoms with van der Waals surface area (Å²) in [6, 6.07) is 13.7. The van der Waals surface area contributed by atoms with Gasteiger partial charge in [0, 0.05) is 18.7 Å². The summed E-state index contributed by atoms with van der Waals surface area (Å²) in [5.74, 6) is -0.178. The quantitative estimate of drug-likeness (QED) is 0.651. The Morgan fingerprint density at radius 2 is 1.80 bits per heavy atom. The van der Waals surface area contributed by atoms with Crippen LogP contribution in [-0.4, -0.2) is 33.7 Å². The van der Waals surface area contributed by atoms with Crippen molar-refractivity contribution in [1.82, 2.24) is 4.90 Å². The molecule has 0 bridgehead atoms. The zero-order valence-electron chi connectivity index (χ0n) is 18.1. The van der Waals surface area contributed by atoms with Crippen LogP contribution in [0.1, 0.15) is 42.9 Å². The number of hydrogen-bond donors (Lipinski definition) is 1. The van der Waals surface area contributed by atoms with Crippen molar-refractivity contribution in [3.8, 4) is 0 Å². The Kier molecular flexibility index (Phi) is 7.32. The molecular formula is C24H29N3O2S. The predicted octanol–water partition coefficient (Wildman–Crippen LogP) is 5.37. The molecule has 1 heterocycles.